The Balaban J connectivity index is 2.38. The van der Waals surface area contributed by atoms with Crippen LogP contribution in [0.15, 0.2) is 4.52 Å². The predicted octanol–water partition coefficient (Wildman–Crippen LogP) is 1.17. The molecule has 0 bridgehead atoms. The van der Waals surface area contributed by atoms with Crippen molar-refractivity contribution in [2.45, 2.75) is 19.6 Å². The lowest BCUT2D eigenvalue weighted by Crippen LogP contribution is -2.32. The molecule has 0 fully saturated rings. The third-order valence-corrected chi connectivity index (χ3v) is 1.75. The zero-order valence-corrected chi connectivity index (χ0v) is 8.38. The van der Waals surface area contributed by atoms with Gasteiger partial charge in [-0.15, -0.1) is 0 Å². The van der Waals surface area contributed by atoms with Crippen molar-refractivity contribution in [2.24, 2.45) is 5.92 Å². The summed E-state index contributed by atoms with van der Waals surface area (Å²) < 4.78 is 41.1. The number of alkyl halides is 3. The zero-order valence-electron chi connectivity index (χ0n) is 8.38. The van der Waals surface area contributed by atoms with Gasteiger partial charge in [-0.3, -0.25) is 0 Å². The smallest absolute Gasteiger partial charge is 0.338 e. The summed E-state index contributed by atoms with van der Waals surface area (Å²) in [5.41, 5.74) is 0. The van der Waals surface area contributed by atoms with E-state index in [1.54, 1.807) is 6.92 Å². The molecule has 0 saturated heterocycles. The average molecular weight is 234 g/mol. The molecule has 0 saturated carbocycles. The lowest BCUT2D eigenvalue weighted by Gasteiger charge is -2.12. The molecule has 16 heavy (non-hydrogen) atoms. The number of aromatic nitrogens is 2. The average Bonchev–Trinajstić information content (AvgIpc) is 2.57. The number of nitriles is 1. The molecule has 0 aliphatic rings. The standard InChI is InChI=1S/C8H9F3N4O/c1-5-14-7(16-15-5)4-13-3-6(2-12)8(9,10)11/h6,13H,3-4H2,1H3. The molecule has 88 valence electrons. The number of nitrogens with one attached hydrogen (secondary N) is 1. The Labute approximate surface area is 89.2 Å². The summed E-state index contributed by atoms with van der Waals surface area (Å²) >= 11 is 0. The number of halogens is 3. The first-order chi connectivity index (χ1) is 7.43. The zero-order chi connectivity index (χ0) is 12.2. The topological polar surface area (TPSA) is 74.7 Å². The van der Waals surface area contributed by atoms with Gasteiger partial charge in [0.05, 0.1) is 12.6 Å². The first-order valence-electron chi connectivity index (χ1n) is 4.39. The Kier molecular flexibility index (Phi) is 3.84. The van der Waals surface area contributed by atoms with E-state index in [0.29, 0.717) is 5.82 Å². The van der Waals surface area contributed by atoms with Crippen molar-refractivity contribution in [3.05, 3.63) is 11.7 Å². The fourth-order valence-electron chi connectivity index (χ4n) is 0.970. The number of rotatable bonds is 4. The Bertz CT molecular complexity index is 381. The van der Waals surface area contributed by atoms with E-state index in [1.165, 1.54) is 6.07 Å². The number of hydrogen-bond acceptors (Lipinski definition) is 5. The van der Waals surface area contributed by atoms with Gasteiger partial charge in [0.1, 0.15) is 0 Å². The van der Waals surface area contributed by atoms with Crippen molar-refractivity contribution >= 4 is 0 Å². The molecule has 5 nitrogen and oxygen atoms in total. The molecule has 1 N–H and O–H groups in total. The molecule has 1 atom stereocenters. The predicted molar refractivity (Wildman–Crippen MR) is 45.9 cm³/mol. The van der Waals surface area contributed by atoms with Crippen LogP contribution >= 0.6 is 0 Å². The van der Waals surface area contributed by atoms with Crippen LogP contribution in [-0.2, 0) is 6.54 Å². The van der Waals surface area contributed by atoms with Gasteiger partial charge < -0.3 is 9.84 Å². The molecule has 0 aliphatic carbocycles. The molecule has 1 aromatic rings. The van der Waals surface area contributed by atoms with Crippen molar-refractivity contribution in [1.29, 1.82) is 5.26 Å². The summed E-state index contributed by atoms with van der Waals surface area (Å²) in [6, 6.07) is 1.18. The summed E-state index contributed by atoms with van der Waals surface area (Å²) in [4.78, 5) is 3.79. The SMILES string of the molecule is Cc1noc(CNCC(C#N)C(F)(F)F)n1. The minimum Gasteiger partial charge on any atom is -0.338 e. The van der Waals surface area contributed by atoms with Gasteiger partial charge in [0.15, 0.2) is 11.7 Å². The highest BCUT2D eigenvalue weighted by atomic mass is 19.4. The van der Waals surface area contributed by atoms with E-state index >= 15 is 0 Å². The molecule has 0 aliphatic heterocycles. The monoisotopic (exact) mass is 234 g/mol. The second kappa shape index (κ2) is 4.94. The van der Waals surface area contributed by atoms with E-state index < -0.39 is 18.6 Å². The maximum Gasteiger partial charge on any atom is 0.405 e. The van der Waals surface area contributed by atoms with Crippen molar-refractivity contribution in [3.8, 4) is 6.07 Å². The van der Waals surface area contributed by atoms with Crippen LogP contribution in [0.25, 0.3) is 0 Å². The highest BCUT2D eigenvalue weighted by Crippen LogP contribution is 2.24. The normalized spacial score (nSPS) is 13.4. The quantitative estimate of drug-likeness (QED) is 0.846. The molecular weight excluding hydrogens is 225 g/mol. The van der Waals surface area contributed by atoms with Crippen LogP contribution in [0.2, 0.25) is 0 Å². The van der Waals surface area contributed by atoms with Crippen LogP contribution in [0.5, 0.6) is 0 Å². The molecule has 8 heteroatoms. The second-order valence-corrected chi connectivity index (χ2v) is 3.09. The first-order valence-corrected chi connectivity index (χ1v) is 4.39. The van der Waals surface area contributed by atoms with Crippen LogP contribution in [0.3, 0.4) is 0 Å². The minimum atomic E-state index is -4.52. The summed E-state index contributed by atoms with van der Waals surface area (Å²) in [6.07, 6.45) is -4.52. The molecule has 0 amide bonds. The Morgan fingerprint density at radius 1 is 1.56 bits per heavy atom. The molecule has 1 heterocycles. The molecule has 0 spiro atoms. The number of aryl methyl sites for hydroxylation is 1. The summed E-state index contributed by atoms with van der Waals surface area (Å²) in [5, 5.41) is 14.2. The van der Waals surface area contributed by atoms with Crippen molar-refractivity contribution in [1.82, 2.24) is 15.5 Å². The highest BCUT2D eigenvalue weighted by molar-refractivity contribution is 4.90. The maximum absolute atomic E-state index is 12.1. The fraction of sp³-hybridized carbons (Fsp3) is 0.625. The molecular formula is C8H9F3N4O. The molecule has 1 rings (SSSR count). The van der Waals surface area contributed by atoms with E-state index in [9.17, 15) is 13.2 Å². The molecule has 0 radical (unpaired) electrons. The van der Waals surface area contributed by atoms with Crippen molar-refractivity contribution in [3.63, 3.8) is 0 Å². The Morgan fingerprint density at radius 3 is 2.69 bits per heavy atom. The van der Waals surface area contributed by atoms with E-state index in [0.717, 1.165) is 0 Å². The van der Waals surface area contributed by atoms with Gasteiger partial charge >= 0.3 is 6.18 Å². The lowest BCUT2D eigenvalue weighted by atomic mass is 10.1. The maximum atomic E-state index is 12.1. The fourth-order valence-corrected chi connectivity index (χ4v) is 0.970. The van der Waals surface area contributed by atoms with E-state index in [4.69, 9.17) is 5.26 Å². The number of hydrogen-bond donors (Lipinski definition) is 1. The largest absolute Gasteiger partial charge is 0.405 e. The van der Waals surface area contributed by atoms with Crippen LogP contribution in [0.1, 0.15) is 11.7 Å². The van der Waals surface area contributed by atoms with Gasteiger partial charge in [0, 0.05) is 6.54 Å². The number of nitrogens with zero attached hydrogens (tertiary/aromatic N) is 3. The van der Waals surface area contributed by atoms with Crippen molar-refractivity contribution < 1.29 is 17.7 Å². The molecule has 1 unspecified atom stereocenters. The van der Waals surface area contributed by atoms with Gasteiger partial charge in [-0.25, -0.2) is 0 Å². The summed E-state index contributed by atoms with van der Waals surface area (Å²) in [6.45, 7) is 1.11. The van der Waals surface area contributed by atoms with Gasteiger partial charge in [0.2, 0.25) is 5.89 Å². The van der Waals surface area contributed by atoms with Gasteiger partial charge in [-0.1, -0.05) is 5.16 Å². The first kappa shape index (κ1) is 12.4. The van der Waals surface area contributed by atoms with Crippen molar-refractivity contribution in [2.75, 3.05) is 6.54 Å². The van der Waals surface area contributed by atoms with Crippen LogP contribution in [0.4, 0.5) is 13.2 Å². The third-order valence-electron chi connectivity index (χ3n) is 1.75. The summed E-state index contributed by atoms with van der Waals surface area (Å²) in [7, 11) is 0. The van der Waals surface area contributed by atoms with E-state index in [1.807, 2.05) is 0 Å². The minimum absolute atomic E-state index is 0.00903. The second-order valence-electron chi connectivity index (χ2n) is 3.09. The van der Waals surface area contributed by atoms with Crippen LogP contribution < -0.4 is 5.32 Å². The lowest BCUT2D eigenvalue weighted by molar-refractivity contribution is -0.157. The molecule has 1 aromatic heterocycles. The van der Waals surface area contributed by atoms with Gasteiger partial charge in [0.25, 0.3) is 0 Å². The summed E-state index contributed by atoms with van der Waals surface area (Å²) in [5.74, 6) is -1.43. The van der Waals surface area contributed by atoms with Gasteiger partial charge in [-0.05, 0) is 6.92 Å². The van der Waals surface area contributed by atoms with E-state index in [2.05, 4.69) is 20.0 Å². The van der Waals surface area contributed by atoms with Gasteiger partial charge in [-0.2, -0.15) is 23.4 Å². The molecule has 0 aromatic carbocycles. The third kappa shape index (κ3) is 3.51. The Morgan fingerprint density at radius 2 is 2.25 bits per heavy atom. The van der Waals surface area contributed by atoms with Crippen LogP contribution in [-0.4, -0.2) is 22.9 Å². The van der Waals surface area contributed by atoms with E-state index in [-0.39, 0.29) is 12.4 Å². The highest BCUT2D eigenvalue weighted by Gasteiger charge is 2.39. The van der Waals surface area contributed by atoms with Crippen LogP contribution in [0, 0.1) is 24.2 Å². The Hall–Kier alpha value is -1.62.